The molecule has 5 aromatic heterocycles. The Labute approximate surface area is 769 Å². The van der Waals surface area contributed by atoms with Gasteiger partial charge in [-0.25, -0.2) is 9.97 Å². The van der Waals surface area contributed by atoms with Crippen LogP contribution in [0.15, 0.2) is 461 Å². The predicted octanol–water partition coefficient (Wildman–Crippen LogP) is 34.7. The van der Waals surface area contributed by atoms with Crippen LogP contribution >= 0.6 is 11.3 Å². The molecule has 0 unspecified atom stereocenters. The van der Waals surface area contributed by atoms with Crippen LogP contribution in [0.4, 0.5) is 17.1 Å². The Hall–Kier alpha value is -17.4. The number of benzene rings is 22. The quantitative estimate of drug-likeness (QED) is 0.145. The van der Waals surface area contributed by atoms with Crippen molar-refractivity contribution in [2.24, 2.45) is 0 Å². The Morgan fingerprint density at radius 3 is 1.12 bits per heavy atom. The van der Waals surface area contributed by atoms with Crippen LogP contribution in [0.2, 0.25) is 0 Å². The molecule has 30 rings (SSSR count). The van der Waals surface area contributed by atoms with E-state index in [-0.39, 0.29) is 0 Å². The van der Waals surface area contributed by atoms with Gasteiger partial charge >= 0.3 is 0 Å². The highest BCUT2D eigenvalue weighted by molar-refractivity contribution is 7.26. The molecule has 0 fully saturated rings. The smallest absolute Gasteiger partial charge is 0.165 e. The van der Waals surface area contributed by atoms with Gasteiger partial charge in [0.25, 0.3) is 0 Å². The average Bonchev–Trinajstić information content (AvgIpc) is 1.55. The topological polar surface area (TPSA) is 43.8 Å². The summed E-state index contributed by atoms with van der Waals surface area (Å²) in [6, 6.07) is 168. The summed E-state index contributed by atoms with van der Waals surface area (Å²) in [4.78, 5) is 13.0. The number of fused-ring (bicyclic) bond motifs is 14. The number of anilines is 3. The van der Waals surface area contributed by atoms with Crippen LogP contribution in [0, 0.1) is 0 Å². The number of hydrogen-bond acceptors (Lipinski definition) is 4. The summed E-state index contributed by atoms with van der Waals surface area (Å²) in [5.41, 5.74) is 37.0. The lowest BCUT2D eigenvalue weighted by Crippen LogP contribution is -2.10. The molecular weight excluding hydrogens is 1630 g/mol. The summed E-state index contributed by atoms with van der Waals surface area (Å²) in [6.07, 6.45) is 0. The molecule has 5 heterocycles. The molecule has 0 spiro atoms. The van der Waals surface area contributed by atoms with E-state index in [1.807, 2.05) is 23.5 Å². The zero-order chi connectivity index (χ0) is 87.0. The molecule has 0 saturated heterocycles. The second-order valence-corrected chi connectivity index (χ2v) is 36.3. The van der Waals surface area contributed by atoms with Crippen molar-refractivity contribution < 1.29 is 0 Å². The minimum atomic E-state index is 0.844. The molecule has 616 valence electrons. The Kier molecular flexibility index (Phi) is 16.6. The second-order valence-electron chi connectivity index (χ2n) is 35.2. The van der Waals surface area contributed by atoms with Crippen LogP contribution in [0.3, 0.4) is 0 Å². The van der Waals surface area contributed by atoms with Gasteiger partial charge in [0.2, 0.25) is 0 Å². The van der Waals surface area contributed by atoms with E-state index in [1.165, 1.54) is 212 Å². The van der Waals surface area contributed by atoms with E-state index in [0.717, 1.165) is 61.9 Å². The molecule has 0 radical (unpaired) electrons. The summed E-state index contributed by atoms with van der Waals surface area (Å²) in [6.45, 7) is 0. The molecule has 3 aliphatic rings. The summed E-state index contributed by atoms with van der Waals surface area (Å²) in [7, 11) is 0. The molecular formula is C126H76N6S. The fraction of sp³-hybridized carbons (Fsp3) is 0. The molecule has 6 nitrogen and oxygen atoms in total. The molecule has 0 amide bonds. The van der Waals surface area contributed by atoms with Crippen LogP contribution < -0.4 is 4.90 Å². The van der Waals surface area contributed by atoms with Gasteiger partial charge in [-0.05, 0) is 247 Å². The lowest BCUT2D eigenvalue weighted by molar-refractivity contribution is 1.08. The van der Waals surface area contributed by atoms with Crippen molar-refractivity contribution in [3.8, 4) is 117 Å². The van der Waals surface area contributed by atoms with Gasteiger partial charge in [-0.15, -0.1) is 11.3 Å². The molecule has 27 aromatic rings. The van der Waals surface area contributed by atoms with E-state index in [0.29, 0.717) is 0 Å². The minimum Gasteiger partial charge on any atom is -0.310 e. The lowest BCUT2D eigenvalue weighted by atomic mass is 9.93. The second kappa shape index (κ2) is 29.6. The van der Waals surface area contributed by atoms with Crippen molar-refractivity contribution in [3.05, 3.63) is 461 Å². The first-order valence-corrected chi connectivity index (χ1v) is 46.5. The lowest BCUT2D eigenvalue weighted by Gasteiger charge is -2.26. The van der Waals surface area contributed by atoms with Crippen molar-refractivity contribution in [2.75, 3.05) is 4.90 Å². The SMILES string of the molecule is c1cc(-c2cccc3c2sc2ccccc23)cc(-n2c3cccc4c3c3c5c(cccc5ccc32)-c2ccccc2-4)c1.c1ccc(-c2ccc(N(c3ccccc3)c3cccc(-n4c5cccc6c5c5c7c(cccc7ccc54)-c4ccccc4-6)c3)cc2)cc1.c1ccc2c(c1)-c1cccc3ccc4c(c13)c1c-2cccc1n4-c1nc2ccccc2nc1-c1ccc2ccccc2c1. The standard InChI is InChI=1S/C46H30N2.C40H23N3.C40H23NS/c1-3-12-31(13-4-1)32-24-27-35(28-25-32)47(34-15-5-2-6-16-34)36-17-10-18-37(30-36)48-42-23-11-22-41-39-20-8-7-19-38(39)40-21-9-14-33-26-29-43(48)46(44(33)40)45(41)42;1-2-10-26-23-27(20-19-24(26)9-1)39-40(42-33-17-6-5-16-32(33)41-39)43-34-18-8-15-31-29-13-4-3-12-28(29)30-14-7-11-25-21-22-35(43)38(36(25)30)37(31)34;1-2-13-29-28(12-1)31-16-6-9-24-21-22-35-39(37(24)31)38-32(29)17-8-19-34(38)41(35)26-11-5-10-25(23-26)27-15-7-18-33-30-14-3-4-20-36(30)42-40(27)33/h1-30H;1-23H;1-23H. The number of nitrogens with zero attached hydrogens (tertiary/aromatic N) is 6. The van der Waals surface area contributed by atoms with Crippen molar-refractivity contribution in [1.29, 1.82) is 0 Å². The van der Waals surface area contributed by atoms with Gasteiger partial charge in [0.05, 0.1) is 44.1 Å². The van der Waals surface area contributed by atoms with E-state index < -0.39 is 0 Å². The van der Waals surface area contributed by atoms with Gasteiger partial charge in [-0.1, -0.05) is 346 Å². The van der Waals surface area contributed by atoms with E-state index in [4.69, 9.17) is 9.97 Å². The van der Waals surface area contributed by atoms with Crippen molar-refractivity contribution in [3.63, 3.8) is 0 Å². The molecule has 3 aliphatic carbocycles. The molecule has 0 aliphatic heterocycles. The number of aromatic nitrogens is 5. The number of rotatable bonds is 9. The Morgan fingerprint density at radius 1 is 0.195 bits per heavy atom. The highest BCUT2D eigenvalue weighted by atomic mass is 32.1. The van der Waals surface area contributed by atoms with Crippen LogP contribution in [0.1, 0.15) is 0 Å². The van der Waals surface area contributed by atoms with Crippen molar-refractivity contribution in [1.82, 2.24) is 23.7 Å². The highest BCUT2D eigenvalue weighted by Crippen LogP contribution is 2.55. The maximum Gasteiger partial charge on any atom is 0.165 e. The fourth-order valence-electron chi connectivity index (χ4n) is 22.5. The third kappa shape index (κ3) is 11.4. The molecule has 0 atom stereocenters. The molecule has 0 saturated carbocycles. The maximum atomic E-state index is 5.37. The monoisotopic (exact) mass is 1700 g/mol. The van der Waals surface area contributed by atoms with E-state index >= 15 is 0 Å². The summed E-state index contributed by atoms with van der Waals surface area (Å²) in [5, 5.41) is 20.7. The Morgan fingerprint density at radius 2 is 0.556 bits per heavy atom. The van der Waals surface area contributed by atoms with Gasteiger partial charge in [-0.2, -0.15) is 0 Å². The number of para-hydroxylation sites is 3. The first-order valence-electron chi connectivity index (χ1n) is 45.7. The van der Waals surface area contributed by atoms with Gasteiger partial charge in [-0.3, -0.25) is 4.57 Å². The molecule has 7 heteroatoms. The Balaban J connectivity index is 0.0000000998. The van der Waals surface area contributed by atoms with Gasteiger partial charge in [0.15, 0.2) is 5.82 Å². The molecule has 0 bridgehead atoms. The third-order valence-corrected chi connectivity index (χ3v) is 29.3. The molecule has 0 N–H and O–H groups in total. The van der Waals surface area contributed by atoms with Gasteiger partial charge < -0.3 is 14.0 Å². The van der Waals surface area contributed by atoms with Gasteiger partial charge in [0.1, 0.15) is 5.69 Å². The predicted molar refractivity (Wildman–Crippen MR) is 563 cm³/mol. The van der Waals surface area contributed by atoms with Gasteiger partial charge in [0, 0.05) is 86.5 Å². The van der Waals surface area contributed by atoms with Crippen LogP contribution in [0.5, 0.6) is 0 Å². The number of thiophene rings is 1. The summed E-state index contributed by atoms with van der Waals surface area (Å²) in [5.74, 6) is 0.844. The Bertz CT molecular complexity index is 9610. The van der Waals surface area contributed by atoms with Crippen LogP contribution in [-0.4, -0.2) is 23.7 Å². The van der Waals surface area contributed by atoms with Crippen molar-refractivity contribution in [2.45, 2.75) is 0 Å². The first kappa shape index (κ1) is 74.7. The zero-order valence-electron chi connectivity index (χ0n) is 72.0. The molecule has 22 aromatic carbocycles. The zero-order valence-corrected chi connectivity index (χ0v) is 72.8. The number of hydrogen-bond donors (Lipinski definition) is 0. The van der Waals surface area contributed by atoms with Crippen molar-refractivity contribution >= 4 is 168 Å². The van der Waals surface area contributed by atoms with E-state index in [9.17, 15) is 0 Å². The van der Waals surface area contributed by atoms with E-state index in [2.05, 4.69) is 468 Å². The first-order chi connectivity index (χ1) is 66.0. The normalized spacial score (nSPS) is 12.1. The van der Waals surface area contributed by atoms with E-state index in [1.54, 1.807) is 0 Å². The highest BCUT2D eigenvalue weighted by Gasteiger charge is 2.31. The minimum absolute atomic E-state index is 0.844. The summed E-state index contributed by atoms with van der Waals surface area (Å²) >= 11 is 1.89. The van der Waals surface area contributed by atoms with Crippen LogP contribution in [0.25, 0.3) is 257 Å². The average molecular weight is 1710 g/mol. The van der Waals surface area contributed by atoms with Crippen LogP contribution in [-0.2, 0) is 0 Å². The largest absolute Gasteiger partial charge is 0.310 e. The fourth-order valence-corrected chi connectivity index (χ4v) is 23.7. The molecule has 133 heavy (non-hydrogen) atoms. The maximum absolute atomic E-state index is 5.37. The summed E-state index contributed by atoms with van der Waals surface area (Å²) < 4.78 is 9.98. The third-order valence-electron chi connectivity index (χ3n) is 28.1.